The number of carbonyl (C=O) groups is 13. The maximum absolute atomic E-state index is 14.3. The third-order valence-corrected chi connectivity index (χ3v) is 23.1. The fourth-order valence-electron chi connectivity index (χ4n) is 15.8. The molecule has 42 heteroatoms. The molecule has 6 aromatic rings. The highest BCUT2D eigenvalue weighted by Crippen LogP contribution is 2.41. The molecule has 42 nitrogen and oxygen atoms in total. The van der Waals surface area contributed by atoms with E-state index >= 15 is 0 Å². The highest BCUT2D eigenvalue weighted by atomic mass is 16.5. The lowest BCUT2D eigenvalue weighted by Gasteiger charge is -2.33. The van der Waals surface area contributed by atoms with Gasteiger partial charge in [-0.3, -0.25) is 91.1 Å². The number of carboxylic acid groups (broad SMARTS) is 3. The van der Waals surface area contributed by atoms with E-state index in [0.29, 0.717) is 85.9 Å². The summed E-state index contributed by atoms with van der Waals surface area (Å²) in [5.74, 6) is -12.3. The lowest BCUT2D eigenvalue weighted by Crippen LogP contribution is -2.52. The van der Waals surface area contributed by atoms with E-state index in [1.807, 2.05) is 27.7 Å². The predicted molar refractivity (Wildman–Crippen MR) is 471 cm³/mol. The van der Waals surface area contributed by atoms with E-state index in [2.05, 4.69) is 47.0 Å². The van der Waals surface area contributed by atoms with Crippen LogP contribution in [-0.4, -0.2) is 355 Å². The molecule has 9 rings (SSSR count). The van der Waals surface area contributed by atoms with E-state index in [9.17, 15) is 113 Å². The van der Waals surface area contributed by atoms with Gasteiger partial charge in [0, 0.05) is 192 Å². The number of aliphatic carboxylic acids is 3. The number of phenols is 4. The molecular weight excluding hydrogens is 1710 g/mol. The number of piperidine rings is 2. The average molecular weight is 1830 g/mol. The van der Waals surface area contributed by atoms with Crippen molar-refractivity contribution in [3.8, 4) is 68.6 Å². The minimum absolute atomic E-state index is 0.0501. The van der Waals surface area contributed by atoms with Crippen molar-refractivity contribution in [3.05, 3.63) is 95.6 Å². The van der Waals surface area contributed by atoms with Crippen LogP contribution in [0.1, 0.15) is 163 Å². The number of hydrogen-bond donors (Lipinski definition) is 15. The average Bonchev–Trinajstić information content (AvgIpc) is 1.64. The third kappa shape index (κ3) is 29.4. The van der Waals surface area contributed by atoms with Crippen molar-refractivity contribution < 1.29 is 123 Å². The Balaban J connectivity index is 0.793. The zero-order valence-corrected chi connectivity index (χ0v) is 74.6. The first-order valence-corrected chi connectivity index (χ1v) is 44.1. The molecule has 3 saturated heterocycles. The van der Waals surface area contributed by atoms with Gasteiger partial charge in [-0.2, -0.15) is 0 Å². The maximum Gasteiger partial charge on any atom is 0.317 e. The molecular formula is C89H121N17O25. The SMILES string of the molecule is CCNC(=O)c1nnc(-c2cc(C(C)C)c(O)cc2O)n1-c1ccc(OC2CCN(C(=O)CCNC(=O)[C@@H](CCC(=O)N3CCC(Oc4ccc(-n5c(C(=O)NCC)nnc5-c5cc(C(C)C)c(O)cc5O)cc4)CC3)CC(=O)CCCC(=O)[C@@H](CO)NC(=O)[C@@H](CO)CC(=O)[C@@H](CO)NC(=O)CN3CCN(CC(=O)O)CCN(CC(=O)O)CCN(CC(=O)O)CC3)CC2)cc1. The molecule has 15 N–H and O–H groups in total. The molecule has 0 unspecified atom stereocenters. The van der Waals surface area contributed by atoms with Gasteiger partial charge in [0.2, 0.25) is 41.2 Å². The number of aliphatic hydroxyl groups excluding tert-OH is 3. The largest absolute Gasteiger partial charge is 0.508 e. The minimum atomic E-state index is -1.62. The van der Waals surface area contributed by atoms with Crippen molar-refractivity contribution >= 4 is 76.6 Å². The van der Waals surface area contributed by atoms with Crippen LogP contribution >= 0.6 is 0 Å². The number of carboxylic acids is 3. The first-order chi connectivity index (χ1) is 62.6. The highest BCUT2D eigenvalue weighted by molar-refractivity contribution is 5.96. The van der Waals surface area contributed by atoms with Crippen molar-refractivity contribution in [2.45, 2.75) is 155 Å². The lowest BCUT2D eigenvalue weighted by atomic mass is 9.93. The van der Waals surface area contributed by atoms with Gasteiger partial charge >= 0.3 is 17.9 Å². The molecule has 5 heterocycles. The summed E-state index contributed by atoms with van der Waals surface area (Å²) in [5.41, 5.74) is 2.47. The number of carbonyl (C=O) groups excluding carboxylic acids is 10. The molecule has 712 valence electrons. The van der Waals surface area contributed by atoms with Crippen molar-refractivity contribution in [1.29, 1.82) is 0 Å². The number of aliphatic hydroxyl groups is 3. The van der Waals surface area contributed by atoms with Gasteiger partial charge in [0.05, 0.1) is 63.0 Å². The van der Waals surface area contributed by atoms with Gasteiger partial charge in [-0.25, -0.2) is 0 Å². The number of ketones is 3. The number of Topliss-reactive ketones (excluding diaryl/α,β-unsaturated/α-hetero) is 3. The quantitative estimate of drug-likeness (QED) is 0.0259. The summed E-state index contributed by atoms with van der Waals surface area (Å²) in [5, 5.41) is 133. The topological polar surface area (TPSA) is 584 Å². The summed E-state index contributed by atoms with van der Waals surface area (Å²) in [6, 6.07) is 16.0. The van der Waals surface area contributed by atoms with Crippen molar-refractivity contribution in [1.82, 2.24) is 85.5 Å². The van der Waals surface area contributed by atoms with Crippen molar-refractivity contribution in [3.63, 3.8) is 0 Å². The van der Waals surface area contributed by atoms with Gasteiger partial charge in [0.15, 0.2) is 23.2 Å². The summed E-state index contributed by atoms with van der Waals surface area (Å²) < 4.78 is 15.8. The standard InChI is InChI=1S/C89H121N17O25/c1-7-90-88(128)84-97-95-82(66-42-64(53(3)4)71(112)44-73(66)114)105(84)57-13-17-60(18-14-57)130-62-23-28-103(29-24-62)77(118)21-12-55(86(126)92-27-22-78(119)104-30-25-63(26-31-104)131-61-19-15-58(16-20-61)106-83(96-98-85(106)89(129)91-8-2)67-43-65(54(5)6)72(113)45-74(67)115)40-59(110)10-9-11-70(111)68(51-108)94-87(127)56(50-107)41-75(116)69(52-109)93-76(117)46-99-32-34-100(47-79(120)121)36-38-102(49-81(124)125)39-37-101(35-33-99)48-80(122)123/h13-20,42-45,53-56,62-63,68-69,107-109,112-115H,7-12,21-41,46-52H2,1-6H3,(H,90,128)(H,91,129)(H,92,126)(H,93,117)(H,94,127)(H,120,121)(H,122,123)(H,124,125)/t55-,56+,68+,69+/m0/s1. The Labute approximate surface area is 756 Å². The summed E-state index contributed by atoms with van der Waals surface area (Å²) in [6.45, 7) is 8.80. The van der Waals surface area contributed by atoms with Crippen molar-refractivity contribution in [2.24, 2.45) is 11.8 Å². The van der Waals surface area contributed by atoms with Crippen LogP contribution in [0.25, 0.3) is 34.2 Å². The minimum Gasteiger partial charge on any atom is -0.508 e. The van der Waals surface area contributed by atoms with E-state index in [4.69, 9.17) is 9.47 Å². The second-order valence-electron chi connectivity index (χ2n) is 33.4. The molecule has 2 aromatic heterocycles. The second kappa shape index (κ2) is 49.4. The van der Waals surface area contributed by atoms with Crippen LogP contribution in [0.2, 0.25) is 0 Å². The van der Waals surface area contributed by atoms with Crippen LogP contribution in [0, 0.1) is 11.8 Å². The summed E-state index contributed by atoms with van der Waals surface area (Å²) in [4.78, 5) is 182. The number of amides is 7. The van der Waals surface area contributed by atoms with Gasteiger partial charge < -0.3 is 96.9 Å². The highest BCUT2D eigenvalue weighted by Gasteiger charge is 2.35. The number of ether oxygens (including phenoxy) is 2. The van der Waals surface area contributed by atoms with Crippen LogP contribution in [0.5, 0.6) is 34.5 Å². The van der Waals surface area contributed by atoms with E-state index < -0.39 is 147 Å². The predicted octanol–water partition coefficient (Wildman–Crippen LogP) is 1.79. The Bertz CT molecular complexity index is 4940. The van der Waals surface area contributed by atoms with E-state index in [1.54, 1.807) is 104 Å². The summed E-state index contributed by atoms with van der Waals surface area (Å²) in [6.07, 6.45) is -1.33. The molecule has 0 spiro atoms. The molecule has 0 saturated carbocycles. The molecule has 7 amide bonds. The molecule has 3 fully saturated rings. The molecule has 0 bridgehead atoms. The van der Waals surface area contributed by atoms with E-state index in [1.165, 1.54) is 21.3 Å². The molecule has 131 heavy (non-hydrogen) atoms. The zero-order valence-electron chi connectivity index (χ0n) is 74.6. The van der Waals surface area contributed by atoms with Crippen LogP contribution in [-0.2, 0) is 52.7 Å². The molecule has 4 aromatic carbocycles. The van der Waals surface area contributed by atoms with Gasteiger partial charge in [-0.1, -0.05) is 27.7 Å². The smallest absolute Gasteiger partial charge is 0.317 e. The number of aromatic hydroxyl groups is 4. The second-order valence-corrected chi connectivity index (χ2v) is 33.4. The molecule has 0 aliphatic carbocycles. The summed E-state index contributed by atoms with van der Waals surface area (Å²) in [7, 11) is 0. The normalized spacial score (nSPS) is 15.8. The maximum atomic E-state index is 14.3. The molecule has 3 aliphatic heterocycles. The van der Waals surface area contributed by atoms with Gasteiger partial charge in [0.1, 0.15) is 64.6 Å². The Morgan fingerprint density at radius 3 is 1.23 bits per heavy atom. The number of phenolic OH excluding ortho intramolecular Hbond substituents is 4. The number of benzene rings is 4. The summed E-state index contributed by atoms with van der Waals surface area (Å²) >= 11 is 0. The first-order valence-electron chi connectivity index (χ1n) is 44.1. The van der Waals surface area contributed by atoms with Crippen LogP contribution in [0.3, 0.4) is 0 Å². The Morgan fingerprint density at radius 1 is 0.435 bits per heavy atom. The van der Waals surface area contributed by atoms with E-state index in [-0.39, 0.29) is 204 Å². The van der Waals surface area contributed by atoms with Crippen LogP contribution < -0.4 is 36.1 Å². The van der Waals surface area contributed by atoms with E-state index in [0.717, 1.165) is 0 Å². The Morgan fingerprint density at radius 2 is 0.840 bits per heavy atom. The van der Waals surface area contributed by atoms with Gasteiger partial charge in [-0.15, -0.1) is 20.4 Å². The molecule has 0 radical (unpaired) electrons. The number of nitrogens with zero attached hydrogens (tertiary/aromatic N) is 12. The Hall–Kier alpha value is -12.6. The zero-order chi connectivity index (χ0) is 95.3. The fraction of sp³-hybridized carbons (Fsp3) is 0.539. The van der Waals surface area contributed by atoms with Crippen LogP contribution in [0.4, 0.5) is 0 Å². The number of rotatable bonds is 45. The van der Waals surface area contributed by atoms with Crippen molar-refractivity contribution in [2.75, 3.05) is 144 Å². The number of aromatic nitrogens is 6. The van der Waals surface area contributed by atoms with Crippen LogP contribution in [0.15, 0.2) is 72.8 Å². The van der Waals surface area contributed by atoms with Gasteiger partial charge in [0.25, 0.3) is 11.8 Å². The number of nitrogens with one attached hydrogen (secondary N) is 5. The molecule has 4 atom stereocenters. The van der Waals surface area contributed by atoms with Gasteiger partial charge in [-0.05, 0) is 110 Å². The molecule has 3 aliphatic rings. The lowest BCUT2D eigenvalue weighted by molar-refractivity contribution is -0.140. The Kier molecular flexibility index (Phi) is 38.5. The third-order valence-electron chi connectivity index (χ3n) is 23.1. The number of hydrogen-bond acceptors (Lipinski definition) is 30. The fourth-order valence-corrected chi connectivity index (χ4v) is 15.8. The first kappa shape index (κ1) is 102. The monoisotopic (exact) mass is 1830 g/mol. The number of likely N-dealkylation sites (tertiary alicyclic amines) is 2.